The van der Waals surface area contributed by atoms with E-state index < -0.39 is 42.9 Å². The molecule has 0 aromatic heterocycles. The average Bonchev–Trinajstić information content (AvgIpc) is 2.26. The number of aliphatic hydroxyl groups is 3. The Hall–Kier alpha value is -0.890. The van der Waals surface area contributed by atoms with E-state index in [4.69, 9.17) is 20.1 Å². The van der Waals surface area contributed by atoms with Crippen molar-refractivity contribution < 1.29 is 24.8 Å². The van der Waals surface area contributed by atoms with Crippen LogP contribution in [0.15, 0.2) is 5.11 Å². The molecule has 2 unspecified atom stereocenters. The zero-order valence-electron chi connectivity index (χ0n) is 10.6. The maximum atomic E-state index is 9.85. The molecular formula is C10H19N3O5. The quantitative estimate of drug-likeness (QED) is 0.372. The average molecular weight is 261 g/mol. The first-order valence-electron chi connectivity index (χ1n) is 5.64. The summed E-state index contributed by atoms with van der Waals surface area (Å²) in [5, 5.41) is 32.0. The molecule has 1 aliphatic rings. The van der Waals surface area contributed by atoms with E-state index in [1.807, 2.05) is 0 Å². The highest BCUT2D eigenvalue weighted by molar-refractivity contribution is 4.94. The van der Waals surface area contributed by atoms with E-state index in [1.54, 1.807) is 20.8 Å². The van der Waals surface area contributed by atoms with E-state index in [2.05, 4.69) is 10.0 Å². The fraction of sp³-hybridized carbons (Fsp3) is 1.00. The second kappa shape index (κ2) is 5.83. The van der Waals surface area contributed by atoms with Crippen molar-refractivity contribution in [3.8, 4) is 0 Å². The van der Waals surface area contributed by atoms with Gasteiger partial charge in [0.2, 0.25) is 0 Å². The lowest BCUT2D eigenvalue weighted by atomic mass is 9.97. The predicted molar refractivity (Wildman–Crippen MR) is 61.5 cm³/mol. The Morgan fingerprint density at radius 2 is 1.94 bits per heavy atom. The second-order valence-electron chi connectivity index (χ2n) is 5.13. The van der Waals surface area contributed by atoms with Gasteiger partial charge in [-0.25, -0.2) is 0 Å². The molecule has 3 N–H and O–H groups in total. The van der Waals surface area contributed by atoms with Gasteiger partial charge in [0.15, 0.2) is 6.29 Å². The van der Waals surface area contributed by atoms with E-state index in [-0.39, 0.29) is 0 Å². The molecule has 1 aliphatic heterocycles. The van der Waals surface area contributed by atoms with Crippen molar-refractivity contribution in [1.82, 2.24) is 0 Å². The lowest BCUT2D eigenvalue weighted by Gasteiger charge is -2.42. The van der Waals surface area contributed by atoms with Crippen LogP contribution in [0.3, 0.4) is 0 Å². The van der Waals surface area contributed by atoms with Crippen molar-refractivity contribution in [2.24, 2.45) is 5.11 Å². The van der Waals surface area contributed by atoms with Crippen molar-refractivity contribution in [1.29, 1.82) is 0 Å². The van der Waals surface area contributed by atoms with Crippen molar-refractivity contribution in [2.75, 3.05) is 6.61 Å². The summed E-state index contributed by atoms with van der Waals surface area (Å²) in [4.78, 5) is 2.61. The first kappa shape index (κ1) is 15.2. The van der Waals surface area contributed by atoms with Gasteiger partial charge in [0.05, 0.1) is 18.3 Å². The Bertz CT molecular complexity index is 326. The van der Waals surface area contributed by atoms with Gasteiger partial charge in [-0.1, -0.05) is 5.11 Å². The van der Waals surface area contributed by atoms with Crippen LogP contribution in [0.2, 0.25) is 0 Å². The molecule has 1 saturated heterocycles. The van der Waals surface area contributed by atoms with Crippen LogP contribution in [-0.2, 0) is 9.47 Å². The first-order valence-corrected chi connectivity index (χ1v) is 5.64. The van der Waals surface area contributed by atoms with Gasteiger partial charge in [-0.05, 0) is 26.3 Å². The Balaban J connectivity index is 2.92. The summed E-state index contributed by atoms with van der Waals surface area (Å²) in [5.41, 5.74) is 7.88. The van der Waals surface area contributed by atoms with Gasteiger partial charge in [-0.15, -0.1) is 0 Å². The molecule has 8 heteroatoms. The molecule has 1 heterocycles. The molecule has 0 bridgehead atoms. The molecule has 0 spiro atoms. The summed E-state index contributed by atoms with van der Waals surface area (Å²) in [6, 6.07) is -1.06. The van der Waals surface area contributed by atoms with Gasteiger partial charge in [-0.2, -0.15) is 0 Å². The summed E-state index contributed by atoms with van der Waals surface area (Å²) in [6.07, 6.45) is -4.67. The third-order valence-electron chi connectivity index (χ3n) is 2.50. The van der Waals surface area contributed by atoms with E-state index in [1.165, 1.54) is 0 Å². The lowest BCUT2D eigenvalue weighted by molar-refractivity contribution is -0.288. The molecule has 0 aromatic carbocycles. The molecule has 1 fully saturated rings. The fourth-order valence-corrected chi connectivity index (χ4v) is 1.70. The molecule has 0 aliphatic carbocycles. The highest BCUT2D eigenvalue weighted by atomic mass is 16.7. The summed E-state index contributed by atoms with van der Waals surface area (Å²) in [6.45, 7) is 4.85. The van der Waals surface area contributed by atoms with Crippen LogP contribution in [0.25, 0.3) is 10.4 Å². The number of hydrogen-bond donors (Lipinski definition) is 3. The largest absolute Gasteiger partial charge is 0.394 e. The van der Waals surface area contributed by atoms with E-state index in [0.29, 0.717) is 0 Å². The minimum absolute atomic E-state index is 0.467. The third-order valence-corrected chi connectivity index (χ3v) is 2.50. The Morgan fingerprint density at radius 1 is 1.33 bits per heavy atom. The molecule has 0 aromatic rings. The number of aliphatic hydroxyl groups excluding tert-OH is 3. The number of ether oxygens (including phenoxy) is 2. The molecule has 5 atom stereocenters. The van der Waals surface area contributed by atoms with Crippen molar-refractivity contribution in [3.05, 3.63) is 10.4 Å². The molecule has 0 radical (unpaired) electrons. The van der Waals surface area contributed by atoms with Gasteiger partial charge >= 0.3 is 0 Å². The maximum absolute atomic E-state index is 9.85. The van der Waals surface area contributed by atoms with Crippen LogP contribution in [-0.4, -0.2) is 58.2 Å². The predicted octanol–water partition coefficient (Wildman–Crippen LogP) is -0.0806. The van der Waals surface area contributed by atoms with Crippen molar-refractivity contribution in [3.63, 3.8) is 0 Å². The Kier molecular flexibility index (Phi) is 4.92. The Labute approximate surface area is 105 Å². The first-order chi connectivity index (χ1) is 8.30. The molecule has 104 valence electrons. The Morgan fingerprint density at radius 3 is 2.39 bits per heavy atom. The standard InChI is InChI=1S/C10H19N3O5/c1-10(2,3)18-9-6(12-13-11)8(16)7(15)5(4-14)17-9/h5-9,14-16H,4H2,1-3H3/t5?,6?,7-,8+,9+/m0/s1. The summed E-state index contributed by atoms with van der Waals surface area (Å²) < 4.78 is 10.8. The zero-order valence-corrected chi connectivity index (χ0v) is 10.6. The zero-order chi connectivity index (χ0) is 13.9. The van der Waals surface area contributed by atoms with Gasteiger partial charge in [0, 0.05) is 4.91 Å². The number of hydrogen-bond acceptors (Lipinski definition) is 6. The molecule has 0 amide bonds. The molecular weight excluding hydrogens is 242 g/mol. The van der Waals surface area contributed by atoms with Gasteiger partial charge < -0.3 is 24.8 Å². The maximum Gasteiger partial charge on any atom is 0.169 e. The molecule has 0 saturated carbocycles. The SMILES string of the molecule is CC(C)(C)O[C@H]1OC(CO)[C@H](O)[C@H](O)C1N=[N+]=[N-]. The lowest BCUT2D eigenvalue weighted by Crippen LogP contribution is -2.59. The van der Waals surface area contributed by atoms with E-state index in [0.717, 1.165) is 0 Å². The number of azide groups is 1. The van der Waals surface area contributed by atoms with Crippen LogP contribution >= 0.6 is 0 Å². The highest BCUT2D eigenvalue weighted by Crippen LogP contribution is 2.27. The summed E-state index contributed by atoms with van der Waals surface area (Å²) >= 11 is 0. The third kappa shape index (κ3) is 3.55. The van der Waals surface area contributed by atoms with Crippen LogP contribution in [0, 0.1) is 0 Å². The normalized spacial score (nSPS) is 37.1. The fourth-order valence-electron chi connectivity index (χ4n) is 1.70. The highest BCUT2D eigenvalue weighted by Gasteiger charge is 2.45. The van der Waals surface area contributed by atoms with Crippen molar-refractivity contribution >= 4 is 0 Å². The van der Waals surface area contributed by atoms with E-state index in [9.17, 15) is 10.2 Å². The van der Waals surface area contributed by atoms with Gasteiger partial charge in [0.25, 0.3) is 0 Å². The van der Waals surface area contributed by atoms with Crippen molar-refractivity contribution in [2.45, 2.75) is 57.0 Å². The minimum atomic E-state index is -1.35. The van der Waals surface area contributed by atoms with Crippen LogP contribution in [0.1, 0.15) is 20.8 Å². The monoisotopic (exact) mass is 261 g/mol. The minimum Gasteiger partial charge on any atom is -0.394 e. The van der Waals surface area contributed by atoms with Gasteiger partial charge in [-0.3, -0.25) is 0 Å². The van der Waals surface area contributed by atoms with Gasteiger partial charge in [0.1, 0.15) is 18.2 Å². The number of nitrogens with zero attached hydrogens (tertiary/aromatic N) is 3. The molecule has 18 heavy (non-hydrogen) atoms. The number of rotatable bonds is 3. The summed E-state index contributed by atoms with van der Waals surface area (Å²) in [5.74, 6) is 0. The van der Waals surface area contributed by atoms with Crippen LogP contribution in [0.5, 0.6) is 0 Å². The van der Waals surface area contributed by atoms with Crippen LogP contribution in [0.4, 0.5) is 0 Å². The summed E-state index contributed by atoms with van der Waals surface area (Å²) in [7, 11) is 0. The smallest absolute Gasteiger partial charge is 0.169 e. The van der Waals surface area contributed by atoms with Crippen LogP contribution < -0.4 is 0 Å². The second-order valence-corrected chi connectivity index (χ2v) is 5.13. The van der Waals surface area contributed by atoms with E-state index >= 15 is 0 Å². The topological polar surface area (TPSA) is 128 Å². The molecule has 8 nitrogen and oxygen atoms in total. The molecule has 1 rings (SSSR count).